The van der Waals surface area contributed by atoms with Crippen molar-refractivity contribution in [2.75, 3.05) is 20.3 Å². The maximum absolute atomic E-state index is 11.3. The molecular formula is C20H19NO5S. The molecule has 0 saturated heterocycles. The van der Waals surface area contributed by atoms with E-state index in [0.29, 0.717) is 29.7 Å². The molecule has 0 aliphatic rings. The van der Waals surface area contributed by atoms with Crippen molar-refractivity contribution in [1.29, 1.82) is 0 Å². The van der Waals surface area contributed by atoms with Crippen molar-refractivity contribution in [1.82, 2.24) is 4.98 Å². The summed E-state index contributed by atoms with van der Waals surface area (Å²) < 4.78 is 16.6. The first-order chi connectivity index (χ1) is 13.1. The Morgan fingerprint density at radius 3 is 2.37 bits per heavy atom. The topological polar surface area (TPSA) is 77.9 Å². The Bertz CT molecular complexity index is 920. The second-order valence-electron chi connectivity index (χ2n) is 5.61. The first kappa shape index (κ1) is 18.7. The molecule has 3 rings (SSSR count). The number of carboxylic acid groups (broad SMARTS) is 1. The Labute approximate surface area is 161 Å². The summed E-state index contributed by atoms with van der Waals surface area (Å²) in [6.07, 6.45) is 0. The van der Waals surface area contributed by atoms with E-state index in [-0.39, 0.29) is 4.88 Å². The lowest BCUT2D eigenvalue weighted by atomic mass is 10.2. The lowest BCUT2D eigenvalue weighted by Crippen LogP contribution is -2.09. The number of nitrogens with zero attached hydrogens (tertiary/aromatic N) is 1. The zero-order chi connectivity index (χ0) is 19.2. The van der Waals surface area contributed by atoms with Gasteiger partial charge in [-0.05, 0) is 43.3 Å². The molecular weight excluding hydrogens is 366 g/mol. The van der Waals surface area contributed by atoms with Gasteiger partial charge in [0.15, 0.2) is 0 Å². The third kappa shape index (κ3) is 4.57. The molecule has 0 saturated carbocycles. The van der Waals surface area contributed by atoms with E-state index in [1.165, 1.54) is 0 Å². The highest BCUT2D eigenvalue weighted by atomic mass is 32.1. The van der Waals surface area contributed by atoms with Gasteiger partial charge >= 0.3 is 5.97 Å². The van der Waals surface area contributed by atoms with E-state index in [1.807, 2.05) is 48.5 Å². The highest BCUT2D eigenvalue weighted by Gasteiger charge is 2.17. The molecule has 1 aromatic heterocycles. The number of thiazole rings is 1. The Balaban J connectivity index is 1.64. The molecule has 0 aliphatic carbocycles. The number of carbonyl (C=O) groups is 1. The quantitative estimate of drug-likeness (QED) is 0.583. The summed E-state index contributed by atoms with van der Waals surface area (Å²) >= 11 is 1.14. The van der Waals surface area contributed by atoms with Crippen LogP contribution in [0.1, 0.15) is 15.4 Å². The van der Waals surface area contributed by atoms with E-state index in [4.69, 9.17) is 14.2 Å². The Hall–Kier alpha value is -3.06. The van der Waals surface area contributed by atoms with Gasteiger partial charge in [-0.25, -0.2) is 9.78 Å². The van der Waals surface area contributed by atoms with Crippen molar-refractivity contribution >= 4 is 17.3 Å². The lowest BCUT2D eigenvalue weighted by Gasteiger charge is -2.11. The normalized spacial score (nSPS) is 10.4. The molecule has 0 atom stereocenters. The van der Waals surface area contributed by atoms with E-state index < -0.39 is 5.97 Å². The monoisotopic (exact) mass is 385 g/mol. The van der Waals surface area contributed by atoms with E-state index in [1.54, 1.807) is 14.0 Å². The van der Waals surface area contributed by atoms with Gasteiger partial charge in [0.1, 0.15) is 40.3 Å². The van der Waals surface area contributed by atoms with Crippen molar-refractivity contribution in [2.45, 2.75) is 6.92 Å². The number of methoxy groups -OCH3 is 1. The maximum atomic E-state index is 11.3. The number of aromatic carboxylic acids is 1. The summed E-state index contributed by atoms with van der Waals surface area (Å²) in [6.45, 7) is 2.41. The van der Waals surface area contributed by atoms with Gasteiger partial charge in [0.25, 0.3) is 0 Å². The molecule has 7 heteroatoms. The number of carboxylic acids is 1. The molecule has 0 radical (unpaired) electrons. The largest absolute Gasteiger partial charge is 0.497 e. The van der Waals surface area contributed by atoms with Crippen molar-refractivity contribution in [3.8, 4) is 27.8 Å². The predicted octanol–water partition coefficient (Wildman–Crippen LogP) is 4.28. The summed E-state index contributed by atoms with van der Waals surface area (Å²) in [4.78, 5) is 15.9. The van der Waals surface area contributed by atoms with Crippen LogP contribution in [-0.2, 0) is 0 Å². The fourth-order valence-electron chi connectivity index (χ4n) is 2.46. The van der Waals surface area contributed by atoms with Crippen molar-refractivity contribution in [3.63, 3.8) is 0 Å². The van der Waals surface area contributed by atoms with Gasteiger partial charge in [0.2, 0.25) is 0 Å². The maximum Gasteiger partial charge on any atom is 0.347 e. The highest BCUT2D eigenvalue weighted by Crippen LogP contribution is 2.34. The Morgan fingerprint density at radius 1 is 1.04 bits per heavy atom. The number of para-hydroxylation sites is 1. The molecule has 2 aromatic carbocycles. The summed E-state index contributed by atoms with van der Waals surface area (Å²) in [6, 6.07) is 14.8. The number of ether oxygens (including phenoxy) is 3. The van der Waals surface area contributed by atoms with Crippen LogP contribution in [0.25, 0.3) is 10.6 Å². The summed E-state index contributed by atoms with van der Waals surface area (Å²) in [7, 11) is 1.62. The third-order valence-electron chi connectivity index (χ3n) is 3.78. The van der Waals surface area contributed by atoms with Gasteiger partial charge in [0.05, 0.1) is 18.4 Å². The second kappa shape index (κ2) is 8.55. The average molecular weight is 385 g/mol. The molecule has 0 unspecified atom stereocenters. The van der Waals surface area contributed by atoms with Crippen LogP contribution in [0, 0.1) is 6.92 Å². The number of aryl methyl sites for hydroxylation is 1. The fraction of sp³-hybridized carbons (Fsp3) is 0.200. The zero-order valence-electron chi connectivity index (χ0n) is 15.0. The van der Waals surface area contributed by atoms with E-state index in [0.717, 1.165) is 28.4 Å². The van der Waals surface area contributed by atoms with Gasteiger partial charge in [0, 0.05) is 0 Å². The van der Waals surface area contributed by atoms with Crippen LogP contribution in [0.4, 0.5) is 0 Å². The molecule has 1 heterocycles. The van der Waals surface area contributed by atoms with Crippen LogP contribution in [0.15, 0.2) is 48.5 Å². The second-order valence-corrected chi connectivity index (χ2v) is 6.61. The number of rotatable bonds is 8. The number of benzene rings is 2. The molecule has 0 amide bonds. The molecule has 27 heavy (non-hydrogen) atoms. The van der Waals surface area contributed by atoms with Gasteiger partial charge in [-0.15, -0.1) is 11.3 Å². The van der Waals surface area contributed by atoms with Gasteiger partial charge in [-0.2, -0.15) is 0 Å². The fourth-order valence-corrected chi connectivity index (χ4v) is 3.40. The van der Waals surface area contributed by atoms with Crippen LogP contribution in [-0.4, -0.2) is 36.4 Å². The summed E-state index contributed by atoms with van der Waals surface area (Å²) in [5, 5.41) is 9.85. The minimum atomic E-state index is -0.970. The third-order valence-corrected chi connectivity index (χ3v) is 4.96. The van der Waals surface area contributed by atoms with Crippen LogP contribution in [0.5, 0.6) is 17.2 Å². The molecule has 140 valence electrons. The molecule has 0 bridgehead atoms. The number of hydrogen-bond donors (Lipinski definition) is 1. The first-order valence-electron chi connectivity index (χ1n) is 8.28. The average Bonchev–Trinajstić information content (AvgIpc) is 3.08. The molecule has 3 aromatic rings. The lowest BCUT2D eigenvalue weighted by molar-refractivity contribution is 0.0701. The first-order valence-corrected chi connectivity index (χ1v) is 9.10. The van der Waals surface area contributed by atoms with Crippen molar-refractivity contribution < 1.29 is 24.1 Å². The molecule has 0 aliphatic heterocycles. The van der Waals surface area contributed by atoms with Gasteiger partial charge < -0.3 is 19.3 Å². The molecule has 0 fully saturated rings. The van der Waals surface area contributed by atoms with Crippen LogP contribution in [0.3, 0.4) is 0 Å². The minimum absolute atomic E-state index is 0.239. The van der Waals surface area contributed by atoms with Gasteiger partial charge in [-0.1, -0.05) is 12.1 Å². The highest BCUT2D eigenvalue weighted by molar-refractivity contribution is 7.17. The summed E-state index contributed by atoms with van der Waals surface area (Å²) in [5.74, 6) is 1.17. The number of aromatic nitrogens is 1. The SMILES string of the molecule is COc1ccc(OCCOc2ccccc2-c2nc(C)c(C(=O)O)s2)cc1. The van der Waals surface area contributed by atoms with Gasteiger partial charge in [-0.3, -0.25) is 0 Å². The standard InChI is InChI=1S/C20H19NO5S/c1-13-18(20(22)23)27-19(21-13)16-5-3-4-6-17(16)26-12-11-25-15-9-7-14(24-2)8-10-15/h3-10H,11-12H2,1-2H3,(H,22,23). The molecule has 1 N–H and O–H groups in total. The van der Waals surface area contributed by atoms with Crippen LogP contribution < -0.4 is 14.2 Å². The molecule has 0 spiro atoms. The van der Waals surface area contributed by atoms with E-state index >= 15 is 0 Å². The Kier molecular flexibility index (Phi) is 5.93. The smallest absolute Gasteiger partial charge is 0.347 e. The van der Waals surface area contributed by atoms with Crippen molar-refractivity contribution in [2.24, 2.45) is 0 Å². The predicted molar refractivity (Wildman–Crippen MR) is 103 cm³/mol. The summed E-state index contributed by atoms with van der Waals surface area (Å²) in [5.41, 5.74) is 1.27. The van der Waals surface area contributed by atoms with Crippen LogP contribution >= 0.6 is 11.3 Å². The van der Waals surface area contributed by atoms with Crippen LogP contribution in [0.2, 0.25) is 0 Å². The number of hydrogen-bond acceptors (Lipinski definition) is 6. The molecule has 6 nitrogen and oxygen atoms in total. The van der Waals surface area contributed by atoms with E-state index in [2.05, 4.69) is 4.98 Å². The van der Waals surface area contributed by atoms with Crippen molar-refractivity contribution in [3.05, 3.63) is 59.1 Å². The Morgan fingerprint density at radius 2 is 1.70 bits per heavy atom. The van der Waals surface area contributed by atoms with E-state index in [9.17, 15) is 9.90 Å². The minimum Gasteiger partial charge on any atom is -0.497 e. The zero-order valence-corrected chi connectivity index (χ0v) is 15.8.